The number of allylic oxidation sites excluding steroid dienone is 1. The average molecular weight is 407 g/mol. The highest BCUT2D eigenvalue weighted by molar-refractivity contribution is 7.20. The van der Waals surface area contributed by atoms with E-state index < -0.39 is 6.09 Å². The van der Waals surface area contributed by atoms with Gasteiger partial charge in [-0.25, -0.2) is 9.78 Å². The first-order valence-electron chi connectivity index (χ1n) is 9.18. The molecule has 0 unspecified atom stereocenters. The summed E-state index contributed by atoms with van der Waals surface area (Å²) in [4.78, 5) is 16.5. The quantitative estimate of drug-likeness (QED) is 0.384. The van der Waals surface area contributed by atoms with Crippen LogP contribution >= 0.6 is 11.3 Å². The first-order chi connectivity index (χ1) is 14.2. The van der Waals surface area contributed by atoms with Crippen molar-refractivity contribution in [1.82, 2.24) is 4.98 Å². The minimum absolute atomic E-state index is 0.299. The highest BCUT2D eigenvalue weighted by Gasteiger charge is 2.16. The van der Waals surface area contributed by atoms with Crippen molar-refractivity contribution in [2.24, 2.45) is 5.10 Å². The van der Waals surface area contributed by atoms with Crippen LogP contribution in [0, 0.1) is 6.92 Å². The van der Waals surface area contributed by atoms with E-state index in [2.05, 4.69) is 20.8 Å². The molecular formula is C22H22N4O2S. The molecule has 1 amide bonds. The number of nitrogens with zero attached hydrogens (tertiary/aromatic N) is 2. The number of carbonyl (C=O) groups excluding carboxylic acids is 1. The Balaban J connectivity index is 1.74. The number of thiazole rings is 1. The van der Waals surface area contributed by atoms with E-state index in [1.165, 1.54) is 11.3 Å². The molecule has 0 fully saturated rings. The molecule has 3 aromatic rings. The minimum Gasteiger partial charge on any atom is -0.450 e. The van der Waals surface area contributed by atoms with Gasteiger partial charge in [0.1, 0.15) is 10.7 Å². The third-order valence-electron chi connectivity index (χ3n) is 3.85. The predicted molar refractivity (Wildman–Crippen MR) is 121 cm³/mol. The summed E-state index contributed by atoms with van der Waals surface area (Å²) in [7, 11) is 0. The summed E-state index contributed by atoms with van der Waals surface area (Å²) in [6, 6.07) is 17.9. The van der Waals surface area contributed by atoms with Crippen LogP contribution in [0.3, 0.4) is 0 Å². The van der Waals surface area contributed by atoms with Gasteiger partial charge in [-0.15, -0.1) is 0 Å². The Morgan fingerprint density at radius 3 is 2.66 bits per heavy atom. The minimum atomic E-state index is -0.509. The van der Waals surface area contributed by atoms with E-state index in [0.29, 0.717) is 22.4 Å². The molecule has 0 radical (unpaired) electrons. The van der Waals surface area contributed by atoms with Gasteiger partial charge in [0.2, 0.25) is 5.13 Å². The highest BCUT2D eigenvalue weighted by Crippen LogP contribution is 2.36. The zero-order chi connectivity index (χ0) is 20.5. The Kier molecular flexibility index (Phi) is 7.13. The summed E-state index contributed by atoms with van der Waals surface area (Å²) in [6.45, 7) is 4.08. The van der Waals surface area contributed by atoms with Crippen LogP contribution in [0.15, 0.2) is 65.8 Å². The number of hydrogen-bond acceptors (Lipinski definition) is 6. The topological polar surface area (TPSA) is 75.6 Å². The van der Waals surface area contributed by atoms with E-state index in [1.54, 1.807) is 13.1 Å². The van der Waals surface area contributed by atoms with Gasteiger partial charge >= 0.3 is 6.09 Å². The standard InChI is InChI=1S/C22H22N4O2S/c1-3-28-22(27)25-20-19(18-13-11-16(2)12-14-18)24-21(29-20)26-23-15-7-10-17-8-5-4-6-9-17/h4-15H,3H2,1-2H3,(H,24,26)(H,25,27). The van der Waals surface area contributed by atoms with Crippen molar-refractivity contribution in [3.8, 4) is 11.3 Å². The molecule has 7 heteroatoms. The molecule has 2 aromatic carbocycles. The monoisotopic (exact) mass is 406 g/mol. The number of amides is 1. The van der Waals surface area contributed by atoms with Gasteiger partial charge in [0.05, 0.1) is 6.61 Å². The number of rotatable bonds is 7. The summed E-state index contributed by atoms with van der Waals surface area (Å²) < 4.78 is 4.99. The lowest BCUT2D eigenvalue weighted by atomic mass is 10.1. The second-order valence-corrected chi connectivity index (χ2v) is 7.07. The zero-order valence-electron chi connectivity index (χ0n) is 16.3. The Labute approximate surface area is 174 Å². The molecular weight excluding hydrogens is 384 g/mol. The van der Waals surface area contributed by atoms with Crippen molar-refractivity contribution in [1.29, 1.82) is 0 Å². The van der Waals surface area contributed by atoms with Crippen molar-refractivity contribution >= 4 is 39.9 Å². The van der Waals surface area contributed by atoms with Crippen LogP contribution in [0.1, 0.15) is 18.1 Å². The molecule has 6 nitrogen and oxygen atoms in total. The fourth-order valence-corrected chi connectivity index (χ4v) is 3.30. The first kappa shape index (κ1) is 20.3. The van der Waals surface area contributed by atoms with Gasteiger partial charge in [0.25, 0.3) is 0 Å². The smallest absolute Gasteiger partial charge is 0.412 e. The Morgan fingerprint density at radius 1 is 1.17 bits per heavy atom. The number of aryl methyl sites for hydroxylation is 1. The molecule has 0 saturated heterocycles. The maximum atomic E-state index is 11.9. The lowest BCUT2D eigenvalue weighted by molar-refractivity contribution is 0.168. The maximum absolute atomic E-state index is 11.9. The fourth-order valence-electron chi connectivity index (χ4n) is 2.47. The number of aromatic nitrogens is 1. The Bertz CT molecular complexity index is 995. The number of nitrogens with one attached hydrogen (secondary N) is 2. The molecule has 0 aliphatic rings. The van der Waals surface area contributed by atoms with Gasteiger partial charge in [-0.2, -0.15) is 5.10 Å². The normalized spacial score (nSPS) is 11.1. The number of hydrazone groups is 1. The van der Waals surface area contributed by atoms with E-state index >= 15 is 0 Å². The van der Waals surface area contributed by atoms with E-state index in [4.69, 9.17) is 4.74 Å². The molecule has 0 atom stereocenters. The molecule has 0 aliphatic heterocycles. The molecule has 0 saturated carbocycles. The molecule has 29 heavy (non-hydrogen) atoms. The molecule has 0 aliphatic carbocycles. The summed E-state index contributed by atoms with van der Waals surface area (Å²) in [5, 5.41) is 8.10. The number of ether oxygens (including phenoxy) is 1. The number of benzene rings is 2. The van der Waals surface area contributed by atoms with Crippen LogP contribution in [-0.2, 0) is 4.74 Å². The third kappa shape index (κ3) is 6.02. The summed E-state index contributed by atoms with van der Waals surface area (Å²) in [5.74, 6) is 0. The number of anilines is 2. The van der Waals surface area contributed by atoms with Crippen LogP contribution in [0.25, 0.3) is 17.3 Å². The highest BCUT2D eigenvalue weighted by atomic mass is 32.1. The van der Waals surface area contributed by atoms with Crippen LogP contribution in [0.4, 0.5) is 14.9 Å². The molecule has 0 spiro atoms. The van der Waals surface area contributed by atoms with Crippen molar-refractivity contribution in [2.45, 2.75) is 13.8 Å². The van der Waals surface area contributed by atoms with Crippen molar-refractivity contribution in [2.75, 3.05) is 17.3 Å². The zero-order valence-corrected chi connectivity index (χ0v) is 17.1. The molecule has 148 valence electrons. The molecule has 2 N–H and O–H groups in total. The average Bonchev–Trinajstić information content (AvgIpc) is 3.11. The van der Waals surface area contributed by atoms with E-state index in [0.717, 1.165) is 16.7 Å². The Hall–Kier alpha value is -3.45. The van der Waals surface area contributed by atoms with Crippen LogP contribution in [0.5, 0.6) is 0 Å². The Morgan fingerprint density at radius 2 is 1.93 bits per heavy atom. The van der Waals surface area contributed by atoms with Crippen molar-refractivity contribution in [3.63, 3.8) is 0 Å². The summed E-state index contributed by atoms with van der Waals surface area (Å²) in [6.07, 6.45) is 4.94. The second-order valence-electron chi connectivity index (χ2n) is 6.07. The van der Waals surface area contributed by atoms with E-state index in [9.17, 15) is 4.79 Å². The largest absolute Gasteiger partial charge is 0.450 e. The van der Waals surface area contributed by atoms with Gasteiger partial charge in [-0.1, -0.05) is 77.6 Å². The molecule has 3 rings (SSSR count). The predicted octanol–water partition coefficient (Wildman–Crippen LogP) is 5.80. The number of carbonyl (C=O) groups is 1. The molecule has 1 heterocycles. The lowest BCUT2D eigenvalue weighted by Gasteiger charge is -2.05. The van der Waals surface area contributed by atoms with Crippen LogP contribution in [-0.4, -0.2) is 23.9 Å². The number of hydrogen-bond donors (Lipinski definition) is 2. The maximum Gasteiger partial charge on any atom is 0.412 e. The lowest BCUT2D eigenvalue weighted by Crippen LogP contribution is -2.12. The van der Waals surface area contributed by atoms with E-state index in [-0.39, 0.29) is 0 Å². The van der Waals surface area contributed by atoms with Gasteiger partial charge in [0.15, 0.2) is 0 Å². The van der Waals surface area contributed by atoms with Gasteiger partial charge in [-0.3, -0.25) is 10.7 Å². The summed E-state index contributed by atoms with van der Waals surface area (Å²) >= 11 is 1.30. The van der Waals surface area contributed by atoms with E-state index in [1.807, 2.05) is 73.7 Å². The van der Waals surface area contributed by atoms with Crippen molar-refractivity contribution in [3.05, 3.63) is 71.8 Å². The first-order valence-corrected chi connectivity index (χ1v) is 10.00. The SMILES string of the molecule is CCOC(=O)Nc1sc(NN=CC=Cc2ccccc2)nc1-c1ccc(C)cc1. The fraction of sp³-hybridized carbons (Fsp3) is 0.136. The summed E-state index contributed by atoms with van der Waals surface area (Å²) in [5.41, 5.74) is 6.72. The third-order valence-corrected chi connectivity index (χ3v) is 4.73. The molecule has 1 aromatic heterocycles. The van der Waals surface area contributed by atoms with Gasteiger partial charge < -0.3 is 4.74 Å². The van der Waals surface area contributed by atoms with Gasteiger partial charge in [0, 0.05) is 11.8 Å². The van der Waals surface area contributed by atoms with Crippen molar-refractivity contribution < 1.29 is 9.53 Å². The molecule has 0 bridgehead atoms. The second kappa shape index (κ2) is 10.2. The van der Waals surface area contributed by atoms with Gasteiger partial charge in [-0.05, 0) is 25.5 Å². The van der Waals surface area contributed by atoms with Crippen LogP contribution < -0.4 is 10.7 Å². The van der Waals surface area contributed by atoms with Crippen LogP contribution in [0.2, 0.25) is 0 Å².